The lowest BCUT2D eigenvalue weighted by Gasteiger charge is -2.13. The molecule has 16 heavy (non-hydrogen) atoms. The molecule has 0 unspecified atom stereocenters. The Labute approximate surface area is 99.5 Å². The molecule has 88 valence electrons. The second kappa shape index (κ2) is 7.24. The van der Waals surface area contributed by atoms with E-state index >= 15 is 0 Å². The van der Waals surface area contributed by atoms with Gasteiger partial charge < -0.3 is 10.4 Å². The summed E-state index contributed by atoms with van der Waals surface area (Å²) in [5, 5.41) is 12.0. The number of aliphatic carboxylic acids is 1. The summed E-state index contributed by atoms with van der Waals surface area (Å²) in [6.45, 7) is 0.541. The molecular formula is C11H16N2O2S. The average Bonchev–Trinajstić information content (AvgIpc) is 2.30. The number of pyridine rings is 1. The Morgan fingerprint density at radius 1 is 1.69 bits per heavy atom. The van der Waals surface area contributed by atoms with Gasteiger partial charge in [-0.3, -0.25) is 9.78 Å². The van der Waals surface area contributed by atoms with Gasteiger partial charge in [-0.25, -0.2) is 0 Å². The Bertz CT molecular complexity index is 319. The zero-order valence-corrected chi connectivity index (χ0v) is 10.0. The fraction of sp³-hybridized carbons (Fsp3) is 0.455. The minimum Gasteiger partial charge on any atom is -0.480 e. The van der Waals surface area contributed by atoms with Crippen LogP contribution in [0.25, 0.3) is 0 Å². The third-order valence-electron chi connectivity index (χ3n) is 2.18. The predicted molar refractivity (Wildman–Crippen MR) is 65.5 cm³/mol. The molecule has 4 nitrogen and oxygen atoms in total. The van der Waals surface area contributed by atoms with E-state index in [1.54, 1.807) is 24.2 Å². The number of carboxylic acids is 1. The second-order valence-electron chi connectivity index (χ2n) is 3.41. The zero-order valence-electron chi connectivity index (χ0n) is 9.22. The maximum atomic E-state index is 10.9. The number of nitrogens with zero attached hydrogens (tertiary/aromatic N) is 1. The SMILES string of the molecule is CSCC[C@@H](NCc1cccnc1)C(=O)O. The number of thioether (sulfide) groups is 1. The lowest BCUT2D eigenvalue weighted by Crippen LogP contribution is -2.36. The number of carbonyl (C=O) groups is 1. The lowest BCUT2D eigenvalue weighted by atomic mass is 10.2. The number of carboxylic acid groups (broad SMARTS) is 1. The molecule has 5 heteroatoms. The van der Waals surface area contributed by atoms with Gasteiger partial charge in [-0.2, -0.15) is 11.8 Å². The minimum absolute atomic E-state index is 0.479. The van der Waals surface area contributed by atoms with Gasteiger partial charge in [-0.1, -0.05) is 6.07 Å². The van der Waals surface area contributed by atoms with Crippen molar-refractivity contribution in [1.29, 1.82) is 0 Å². The second-order valence-corrected chi connectivity index (χ2v) is 4.40. The van der Waals surface area contributed by atoms with Crippen molar-refractivity contribution in [2.24, 2.45) is 0 Å². The van der Waals surface area contributed by atoms with Crippen molar-refractivity contribution in [1.82, 2.24) is 10.3 Å². The first-order chi connectivity index (χ1) is 7.74. The first kappa shape index (κ1) is 13.0. The molecule has 0 amide bonds. The predicted octanol–water partition coefficient (Wildman–Crippen LogP) is 1.38. The molecule has 1 aromatic heterocycles. The van der Waals surface area contributed by atoms with Crippen LogP contribution in [0.4, 0.5) is 0 Å². The summed E-state index contributed by atoms with van der Waals surface area (Å²) >= 11 is 1.65. The molecule has 0 spiro atoms. The van der Waals surface area contributed by atoms with Crippen molar-refractivity contribution < 1.29 is 9.90 Å². The van der Waals surface area contributed by atoms with Gasteiger partial charge in [0.15, 0.2) is 0 Å². The molecule has 0 aliphatic carbocycles. The molecule has 0 saturated carbocycles. The monoisotopic (exact) mass is 240 g/mol. The first-order valence-corrected chi connectivity index (χ1v) is 6.47. The summed E-state index contributed by atoms with van der Waals surface area (Å²) in [6.07, 6.45) is 6.04. The summed E-state index contributed by atoms with van der Waals surface area (Å²) in [7, 11) is 0. The van der Waals surface area contributed by atoms with Crippen LogP contribution in [0.3, 0.4) is 0 Å². The van der Waals surface area contributed by atoms with Gasteiger partial charge in [0.05, 0.1) is 0 Å². The van der Waals surface area contributed by atoms with Crippen LogP contribution < -0.4 is 5.32 Å². The molecule has 1 rings (SSSR count). The topological polar surface area (TPSA) is 62.2 Å². The van der Waals surface area contributed by atoms with Crippen molar-refractivity contribution in [3.63, 3.8) is 0 Å². The van der Waals surface area contributed by atoms with Crippen LogP contribution in [-0.2, 0) is 11.3 Å². The maximum Gasteiger partial charge on any atom is 0.320 e. The standard InChI is InChI=1S/C11H16N2O2S/c1-16-6-4-10(11(14)15)13-8-9-3-2-5-12-7-9/h2-3,5,7,10,13H,4,6,8H2,1H3,(H,14,15)/t10-/m1/s1. The molecule has 1 heterocycles. The Morgan fingerprint density at radius 3 is 3.06 bits per heavy atom. The highest BCUT2D eigenvalue weighted by Crippen LogP contribution is 2.03. The Balaban J connectivity index is 2.41. The van der Waals surface area contributed by atoms with E-state index in [4.69, 9.17) is 5.11 Å². The largest absolute Gasteiger partial charge is 0.480 e. The van der Waals surface area contributed by atoms with Crippen LogP contribution >= 0.6 is 11.8 Å². The minimum atomic E-state index is -0.794. The van der Waals surface area contributed by atoms with Crippen molar-refractivity contribution in [3.05, 3.63) is 30.1 Å². The number of hydrogen-bond acceptors (Lipinski definition) is 4. The fourth-order valence-electron chi connectivity index (χ4n) is 1.29. The van der Waals surface area contributed by atoms with E-state index in [1.165, 1.54) is 0 Å². The summed E-state index contributed by atoms with van der Waals surface area (Å²) in [5.74, 6) is 0.0507. The van der Waals surface area contributed by atoms with Gasteiger partial charge in [0.1, 0.15) is 6.04 Å². The Hall–Kier alpha value is -1.07. The molecule has 0 aliphatic rings. The van der Waals surface area contributed by atoms with E-state index in [0.717, 1.165) is 11.3 Å². The van der Waals surface area contributed by atoms with Gasteiger partial charge in [-0.15, -0.1) is 0 Å². The van der Waals surface area contributed by atoms with E-state index in [0.29, 0.717) is 13.0 Å². The van der Waals surface area contributed by atoms with Crippen LogP contribution in [0.15, 0.2) is 24.5 Å². The first-order valence-electron chi connectivity index (χ1n) is 5.08. The molecule has 0 aromatic carbocycles. The van der Waals surface area contributed by atoms with Crippen LogP contribution in [0.1, 0.15) is 12.0 Å². The van der Waals surface area contributed by atoms with Crippen LogP contribution in [0.2, 0.25) is 0 Å². The van der Waals surface area contributed by atoms with E-state index in [-0.39, 0.29) is 0 Å². The van der Waals surface area contributed by atoms with Gasteiger partial charge in [0.2, 0.25) is 0 Å². The lowest BCUT2D eigenvalue weighted by molar-refractivity contribution is -0.139. The van der Waals surface area contributed by atoms with Gasteiger partial charge in [0, 0.05) is 18.9 Å². The normalized spacial score (nSPS) is 12.3. The number of hydrogen-bond donors (Lipinski definition) is 2. The van der Waals surface area contributed by atoms with Gasteiger partial charge >= 0.3 is 5.97 Å². The quantitative estimate of drug-likeness (QED) is 0.754. The summed E-state index contributed by atoms with van der Waals surface area (Å²) in [4.78, 5) is 14.9. The average molecular weight is 240 g/mol. The number of rotatable bonds is 7. The van der Waals surface area contributed by atoms with Gasteiger partial charge in [0.25, 0.3) is 0 Å². The molecule has 1 atom stereocenters. The molecule has 0 bridgehead atoms. The van der Waals surface area contributed by atoms with E-state index in [2.05, 4.69) is 10.3 Å². The molecule has 1 aromatic rings. The Kier molecular flexibility index (Phi) is 5.88. The molecular weight excluding hydrogens is 224 g/mol. The summed E-state index contributed by atoms with van der Waals surface area (Å²) < 4.78 is 0. The van der Waals surface area contributed by atoms with Crippen molar-refractivity contribution >= 4 is 17.7 Å². The molecule has 0 saturated heterocycles. The molecule has 0 fully saturated rings. The number of aromatic nitrogens is 1. The summed E-state index contributed by atoms with van der Waals surface area (Å²) in [6, 6.07) is 3.29. The van der Waals surface area contributed by atoms with Gasteiger partial charge in [-0.05, 0) is 30.1 Å². The molecule has 0 aliphatic heterocycles. The molecule has 2 N–H and O–H groups in total. The highest BCUT2D eigenvalue weighted by atomic mass is 32.2. The molecule has 0 radical (unpaired) electrons. The van der Waals surface area contributed by atoms with E-state index in [1.807, 2.05) is 18.4 Å². The fourth-order valence-corrected chi connectivity index (χ4v) is 1.76. The number of nitrogens with one attached hydrogen (secondary N) is 1. The van der Waals surface area contributed by atoms with Crippen molar-refractivity contribution in [2.45, 2.75) is 19.0 Å². The zero-order chi connectivity index (χ0) is 11.8. The third-order valence-corrected chi connectivity index (χ3v) is 2.83. The van der Waals surface area contributed by atoms with E-state index < -0.39 is 12.0 Å². The van der Waals surface area contributed by atoms with Crippen LogP contribution in [0, 0.1) is 0 Å². The van der Waals surface area contributed by atoms with E-state index in [9.17, 15) is 4.79 Å². The smallest absolute Gasteiger partial charge is 0.320 e. The summed E-state index contributed by atoms with van der Waals surface area (Å²) in [5.41, 5.74) is 0.998. The van der Waals surface area contributed by atoms with Crippen LogP contribution in [-0.4, -0.2) is 34.1 Å². The highest BCUT2D eigenvalue weighted by molar-refractivity contribution is 7.98. The highest BCUT2D eigenvalue weighted by Gasteiger charge is 2.15. The van der Waals surface area contributed by atoms with Crippen molar-refractivity contribution in [2.75, 3.05) is 12.0 Å². The van der Waals surface area contributed by atoms with Crippen molar-refractivity contribution in [3.8, 4) is 0 Å². The Morgan fingerprint density at radius 2 is 2.50 bits per heavy atom. The maximum absolute atomic E-state index is 10.9. The van der Waals surface area contributed by atoms with Crippen LogP contribution in [0.5, 0.6) is 0 Å². The third kappa shape index (κ3) is 4.63.